The number of aliphatic hydroxyl groups excluding tert-OH is 1. The summed E-state index contributed by atoms with van der Waals surface area (Å²) in [6.45, 7) is 0. The molecule has 0 rings (SSSR count). The Balaban J connectivity index is 3.10. The lowest BCUT2D eigenvalue weighted by atomic mass is 10.3. The van der Waals surface area contributed by atoms with Crippen molar-refractivity contribution in [3.05, 3.63) is 0 Å². The van der Waals surface area contributed by atoms with Crippen molar-refractivity contribution in [3.63, 3.8) is 0 Å². The van der Waals surface area contributed by atoms with Gasteiger partial charge in [-0.2, -0.15) is 0 Å². The topological polar surface area (TPSA) is 46.2 Å². The summed E-state index contributed by atoms with van der Waals surface area (Å²) < 4.78 is 0. The summed E-state index contributed by atoms with van der Waals surface area (Å²) in [5, 5.41) is 8.73. The molecule has 4 heteroatoms. The van der Waals surface area contributed by atoms with Crippen LogP contribution in [0, 0.1) is 0 Å². The van der Waals surface area contributed by atoms with E-state index in [4.69, 9.17) is 34.0 Å². The molecule has 0 aliphatic heterocycles. The maximum atomic E-state index is 8.73. The molecule has 0 aromatic heterocycles. The van der Waals surface area contributed by atoms with E-state index in [1.54, 1.807) is 0 Å². The number of hydrogen-bond acceptors (Lipinski definition) is 2. The van der Waals surface area contributed by atoms with E-state index in [2.05, 4.69) is 0 Å². The van der Waals surface area contributed by atoms with E-state index in [1.165, 1.54) is 0 Å². The van der Waals surface area contributed by atoms with E-state index in [0.717, 1.165) is 0 Å². The van der Waals surface area contributed by atoms with E-state index in [0.29, 0.717) is 6.42 Å². The first-order chi connectivity index (χ1) is 3.66. The van der Waals surface area contributed by atoms with Crippen molar-refractivity contribution in [3.8, 4) is 0 Å². The van der Waals surface area contributed by atoms with E-state index in [1.807, 2.05) is 0 Å². The number of halogens is 2. The Kier molecular flexibility index (Phi) is 4.66. The van der Waals surface area contributed by atoms with Crippen LogP contribution >= 0.6 is 23.2 Å². The van der Waals surface area contributed by atoms with Gasteiger partial charge in [0, 0.05) is 12.3 Å². The Morgan fingerprint density at radius 3 is 2.25 bits per heavy atom. The van der Waals surface area contributed by atoms with Crippen LogP contribution in [0.4, 0.5) is 0 Å². The van der Waals surface area contributed by atoms with Crippen molar-refractivity contribution in [2.24, 2.45) is 5.73 Å². The van der Waals surface area contributed by atoms with Crippen molar-refractivity contribution in [2.45, 2.75) is 18.0 Å². The fourth-order valence-corrected chi connectivity index (χ4v) is 0.655. The van der Waals surface area contributed by atoms with Gasteiger partial charge in [-0.15, -0.1) is 23.2 Å². The number of hydrogen-bond donors (Lipinski definition) is 2. The molecule has 0 fully saturated rings. The molecule has 0 aromatic rings. The van der Waals surface area contributed by atoms with Crippen LogP contribution in [-0.4, -0.2) is 22.6 Å². The second-order valence-electron chi connectivity index (χ2n) is 1.56. The highest BCUT2D eigenvalue weighted by Crippen LogP contribution is 2.00. The maximum Gasteiger partial charge on any atom is 0.0825 e. The molecule has 50 valence electrons. The van der Waals surface area contributed by atoms with Crippen molar-refractivity contribution < 1.29 is 5.11 Å². The third-order valence-electron chi connectivity index (χ3n) is 0.675. The third-order valence-corrected chi connectivity index (χ3v) is 1.21. The van der Waals surface area contributed by atoms with Gasteiger partial charge in [-0.1, -0.05) is 0 Å². The maximum absolute atomic E-state index is 8.73. The molecule has 0 aromatic carbocycles. The third kappa shape index (κ3) is 4.65. The van der Waals surface area contributed by atoms with Gasteiger partial charge in [-0.3, -0.25) is 0 Å². The first kappa shape index (κ1) is 8.50. The van der Waals surface area contributed by atoms with E-state index >= 15 is 0 Å². The summed E-state index contributed by atoms with van der Waals surface area (Å²) in [5.74, 6) is 0.195. The lowest BCUT2D eigenvalue weighted by Crippen LogP contribution is -2.21. The minimum atomic E-state index is -0.566. The molecule has 0 spiro atoms. The van der Waals surface area contributed by atoms with Crippen LogP contribution < -0.4 is 5.73 Å². The first-order valence-electron chi connectivity index (χ1n) is 2.30. The van der Waals surface area contributed by atoms with Gasteiger partial charge in [0.15, 0.2) is 0 Å². The average Bonchev–Trinajstić information content (AvgIpc) is 1.65. The molecule has 0 heterocycles. The zero-order valence-electron chi connectivity index (χ0n) is 4.35. The Labute approximate surface area is 58.6 Å². The first-order valence-corrected chi connectivity index (χ1v) is 3.27. The predicted octanol–water partition coefficient (Wildman–Crippen LogP) is 0.500. The summed E-state index contributed by atoms with van der Waals surface area (Å²) in [5.41, 5.74) is 4.63. The molecule has 3 N–H and O–H groups in total. The molecule has 0 aliphatic carbocycles. The van der Waals surface area contributed by atoms with Crippen LogP contribution in [-0.2, 0) is 0 Å². The number of rotatable bonds is 3. The number of aliphatic hydroxyl groups is 1. The van der Waals surface area contributed by atoms with Crippen molar-refractivity contribution >= 4 is 23.2 Å². The Morgan fingerprint density at radius 1 is 1.62 bits per heavy atom. The van der Waals surface area contributed by atoms with Crippen molar-refractivity contribution in [1.29, 1.82) is 0 Å². The summed E-state index contributed by atoms with van der Waals surface area (Å²) in [7, 11) is 0. The van der Waals surface area contributed by atoms with Gasteiger partial charge in [-0.25, -0.2) is 0 Å². The lowest BCUT2D eigenvalue weighted by molar-refractivity contribution is 0.187. The SMILES string of the molecule is NC(Cl)C[C@H](O)CCl. The monoisotopic (exact) mass is 157 g/mol. The second kappa shape index (κ2) is 4.39. The lowest BCUT2D eigenvalue weighted by Gasteiger charge is -2.06. The molecule has 0 aliphatic rings. The Morgan fingerprint density at radius 2 is 2.12 bits per heavy atom. The molecule has 2 nitrogen and oxygen atoms in total. The fraction of sp³-hybridized carbons (Fsp3) is 1.00. The van der Waals surface area contributed by atoms with E-state index < -0.39 is 11.6 Å². The van der Waals surface area contributed by atoms with Gasteiger partial charge in [0.1, 0.15) is 0 Å². The molecular formula is C4H9Cl2NO. The highest BCUT2D eigenvalue weighted by molar-refractivity contribution is 6.20. The highest BCUT2D eigenvalue weighted by atomic mass is 35.5. The van der Waals surface area contributed by atoms with Gasteiger partial charge < -0.3 is 10.8 Å². The zero-order valence-corrected chi connectivity index (χ0v) is 5.86. The van der Waals surface area contributed by atoms with Crippen molar-refractivity contribution in [2.75, 3.05) is 5.88 Å². The van der Waals surface area contributed by atoms with Gasteiger partial charge in [0.2, 0.25) is 0 Å². The molecule has 0 saturated carbocycles. The summed E-state index contributed by atoms with van der Waals surface area (Å²) >= 11 is 10.5. The smallest absolute Gasteiger partial charge is 0.0825 e. The molecule has 1 unspecified atom stereocenters. The van der Waals surface area contributed by atoms with Crippen LogP contribution in [0.3, 0.4) is 0 Å². The number of alkyl halides is 2. The molecule has 0 amide bonds. The summed E-state index contributed by atoms with van der Waals surface area (Å²) in [4.78, 5) is 0. The van der Waals surface area contributed by atoms with Crippen LogP contribution in [0.15, 0.2) is 0 Å². The number of nitrogens with two attached hydrogens (primary N) is 1. The predicted molar refractivity (Wildman–Crippen MR) is 35.2 cm³/mol. The van der Waals surface area contributed by atoms with Gasteiger partial charge in [0.25, 0.3) is 0 Å². The highest BCUT2D eigenvalue weighted by Gasteiger charge is 2.05. The Bertz CT molecular complexity index is 60.0. The standard InChI is InChI=1S/C4H9Cl2NO/c5-2-3(8)1-4(6)7/h3-4,8H,1-2,7H2/t3-,4?/m0/s1. The van der Waals surface area contributed by atoms with Crippen LogP contribution in [0.25, 0.3) is 0 Å². The minimum Gasteiger partial charge on any atom is -0.392 e. The quantitative estimate of drug-likeness (QED) is 0.464. The minimum absolute atomic E-state index is 0.195. The molecule has 0 saturated heterocycles. The van der Waals surface area contributed by atoms with Gasteiger partial charge in [0.05, 0.1) is 11.6 Å². The van der Waals surface area contributed by atoms with Gasteiger partial charge >= 0.3 is 0 Å². The fourth-order valence-electron chi connectivity index (χ4n) is 0.323. The van der Waals surface area contributed by atoms with Crippen LogP contribution in [0.2, 0.25) is 0 Å². The summed E-state index contributed by atoms with van der Waals surface area (Å²) in [6, 6.07) is 0. The van der Waals surface area contributed by atoms with Crippen molar-refractivity contribution in [1.82, 2.24) is 0 Å². The molecule has 8 heavy (non-hydrogen) atoms. The second-order valence-corrected chi connectivity index (χ2v) is 2.43. The Hall–Kier alpha value is 0.500. The van der Waals surface area contributed by atoms with Crippen LogP contribution in [0.5, 0.6) is 0 Å². The average molecular weight is 158 g/mol. The van der Waals surface area contributed by atoms with Crippen LogP contribution in [0.1, 0.15) is 6.42 Å². The van der Waals surface area contributed by atoms with E-state index in [9.17, 15) is 0 Å². The molecule has 0 bridgehead atoms. The van der Waals surface area contributed by atoms with Gasteiger partial charge in [-0.05, 0) is 0 Å². The molecule has 0 radical (unpaired) electrons. The van der Waals surface area contributed by atoms with E-state index in [-0.39, 0.29) is 5.88 Å². The molecular weight excluding hydrogens is 149 g/mol. The largest absolute Gasteiger partial charge is 0.392 e. The summed E-state index contributed by atoms with van der Waals surface area (Å²) in [6.07, 6.45) is -0.213. The zero-order chi connectivity index (χ0) is 6.57. The normalized spacial score (nSPS) is 18.0. The molecule has 2 atom stereocenters.